The highest BCUT2D eigenvalue weighted by Crippen LogP contribution is 2.31. The number of aromatic amines is 1. The molecule has 0 saturated carbocycles. The number of halogens is 2. The number of aryl methyl sites for hydroxylation is 1. The van der Waals surface area contributed by atoms with E-state index in [1.54, 1.807) is 36.2 Å². The number of hydrogen-bond acceptors (Lipinski definition) is 7. The summed E-state index contributed by atoms with van der Waals surface area (Å²) in [4.78, 5) is 24.5. The summed E-state index contributed by atoms with van der Waals surface area (Å²) in [7, 11) is 1.00. The van der Waals surface area contributed by atoms with Crippen molar-refractivity contribution < 1.29 is 9.50 Å². The number of fused-ring (bicyclic) bond motifs is 1. The Labute approximate surface area is 261 Å². The van der Waals surface area contributed by atoms with E-state index >= 15 is 4.39 Å². The lowest BCUT2D eigenvalue weighted by Crippen LogP contribution is -2.20. The second kappa shape index (κ2) is 17.2. The molecule has 0 fully saturated rings. The summed E-state index contributed by atoms with van der Waals surface area (Å²) < 4.78 is 16.5. The SMILES string of the molecule is CO.CSCC(N)=NCCCNCc1ccc(-n2cc3cc(-c4cc(CCCC(C)N)cc(Cl)c4F)[nH]c3nc2=O)cc1. The molecule has 0 radical (unpaired) electrons. The maximum Gasteiger partial charge on any atom is 0.354 e. The molecule has 1 atom stereocenters. The maximum absolute atomic E-state index is 15.0. The van der Waals surface area contributed by atoms with Gasteiger partial charge in [0.05, 0.1) is 22.2 Å². The fourth-order valence-electron chi connectivity index (χ4n) is 4.57. The molecule has 12 heteroatoms. The molecule has 1 unspecified atom stereocenters. The number of aliphatic hydroxyl groups is 1. The van der Waals surface area contributed by atoms with Crippen LogP contribution in [0.1, 0.15) is 37.3 Å². The third-order valence-electron chi connectivity index (χ3n) is 6.67. The van der Waals surface area contributed by atoms with Crippen molar-refractivity contribution >= 4 is 40.2 Å². The normalized spacial score (nSPS) is 12.3. The van der Waals surface area contributed by atoms with Crippen molar-refractivity contribution in [1.82, 2.24) is 19.9 Å². The van der Waals surface area contributed by atoms with Crippen LogP contribution in [0.15, 0.2) is 58.4 Å². The number of hydrogen-bond donors (Lipinski definition) is 5. The molecule has 0 aliphatic rings. The van der Waals surface area contributed by atoms with Crippen molar-refractivity contribution in [3.8, 4) is 16.9 Å². The Morgan fingerprint density at radius 3 is 2.65 bits per heavy atom. The Morgan fingerprint density at radius 1 is 1.21 bits per heavy atom. The van der Waals surface area contributed by atoms with Gasteiger partial charge in [-0.2, -0.15) is 16.7 Å². The van der Waals surface area contributed by atoms with Crippen LogP contribution in [0.25, 0.3) is 28.0 Å². The molecule has 9 nitrogen and oxygen atoms in total. The summed E-state index contributed by atoms with van der Waals surface area (Å²) in [6.07, 6.45) is 7.11. The minimum atomic E-state index is -0.513. The molecular formula is C31H41ClFN7O2S. The van der Waals surface area contributed by atoms with Gasteiger partial charge in [0.2, 0.25) is 0 Å². The van der Waals surface area contributed by atoms with Crippen LogP contribution in [0.2, 0.25) is 5.02 Å². The average molecular weight is 630 g/mol. The van der Waals surface area contributed by atoms with E-state index in [1.807, 2.05) is 37.4 Å². The highest BCUT2D eigenvalue weighted by atomic mass is 35.5. The number of rotatable bonds is 14. The molecule has 0 aliphatic heterocycles. The van der Waals surface area contributed by atoms with Gasteiger partial charge in [-0.05, 0) is 86.9 Å². The zero-order valence-corrected chi connectivity index (χ0v) is 26.4. The number of nitrogens with zero attached hydrogens (tertiary/aromatic N) is 3. The zero-order chi connectivity index (χ0) is 31.4. The summed E-state index contributed by atoms with van der Waals surface area (Å²) >= 11 is 7.89. The van der Waals surface area contributed by atoms with Crippen molar-refractivity contribution in [1.29, 1.82) is 0 Å². The van der Waals surface area contributed by atoms with E-state index in [2.05, 4.69) is 20.3 Å². The number of amidine groups is 1. The van der Waals surface area contributed by atoms with Gasteiger partial charge in [-0.25, -0.2) is 9.18 Å². The fraction of sp³-hybridized carbons (Fsp3) is 0.387. The van der Waals surface area contributed by atoms with Crippen LogP contribution in [0.5, 0.6) is 0 Å². The summed E-state index contributed by atoms with van der Waals surface area (Å²) in [5.74, 6) is 0.926. The lowest BCUT2D eigenvalue weighted by Gasteiger charge is -2.09. The standard InChI is InChI=1S/C30H37ClFN7OS.CH4O/c1-19(33)5-3-6-21-13-24(28(32)25(31)14-21)26-15-22-17-39(30(40)38-29(22)37-26)23-9-7-20(8-10-23)16-35-11-4-12-36-27(34)18-41-2;1-2/h7-10,13-15,17,19,35H,3-6,11-12,16,18,33H2,1-2H3,(H2,34,36)(H,37,38,40);2H,1H3. The summed E-state index contributed by atoms with van der Waals surface area (Å²) in [6.45, 7) is 4.20. The Balaban J connectivity index is 0.00000248. The number of thioether (sulfide) groups is 1. The quantitative estimate of drug-likeness (QED) is 0.0775. The molecule has 43 heavy (non-hydrogen) atoms. The second-order valence-electron chi connectivity index (χ2n) is 10.2. The largest absolute Gasteiger partial charge is 0.400 e. The van der Waals surface area contributed by atoms with Crippen molar-refractivity contribution in [3.05, 3.63) is 81.1 Å². The number of H-pyrrole nitrogens is 1. The highest BCUT2D eigenvalue weighted by molar-refractivity contribution is 7.99. The van der Waals surface area contributed by atoms with Gasteiger partial charge in [-0.15, -0.1) is 0 Å². The van der Waals surface area contributed by atoms with E-state index in [0.29, 0.717) is 46.9 Å². The van der Waals surface area contributed by atoms with Gasteiger partial charge in [-0.1, -0.05) is 23.7 Å². The first-order valence-electron chi connectivity index (χ1n) is 14.1. The Bertz CT molecular complexity index is 1550. The van der Waals surface area contributed by atoms with E-state index in [9.17, 15) is 4.79 Å². The smallest absolute Gasteiger partial charge is 0.354 e. The summed E-state index contributed by atoms with van der Waals surface area (Å²) in [5.41, 5.74) is 15.2. The number of aliphatic hydroxyl groups excluding tert-OH is 1. The first kappa shape index (κ1) is 34.3. The van der Waals surface area contributed by atoms with Crippen molar-refractivity contribution in [3.63, 3.8) is 0 Å². The molecule has 0 bridgehead atoms. The molecule has 0 spiro atoms. The topological polar surface area (TPSA) is 147 Å². The molecule has 4 rings (SSSR count). The molecule has 2 aromatic carbocycles. The maximum atomic E-state index is 15.0. The highest BCUT2D eigenvalue weighted by Gasteiger charge is 2.15. The van der Waals surface area contributed by atoms with Crippen LogP contribution >= 0.6 is 23.4 Å². The van der Waals surface area contributed by atoms with Gasteiger partial charge in [0.25, 0.3) is 0 Å². The molecule has 2 aromatic heterocycles. The van der Waals surface area contributed by atoms with Gasteiger partial charge >= 0.3 is 5.69 Å². The van der Waals surface area contributed by atoms with Crippen LogP contribution in [-0.4, -0.2) is 63.7 Å². The Morgan fingerprint density at radius 2 is 1.95 bits per heavy atom. The molecule has 2 heterocycles. The minimum Gasteiger partial charge on any atom is -0.400 e. The van der Waals surface area contributed by atoms with E-state index in [1.165, 1.54) is 4.57 Å². The third kappa shape index (κ3) is 9.90. The van der Waals surface area contributed by atoms with Gasteiger partial charge in [-0.3, -0.25) is 9.56 Å². The van der Waals surface area contributed by atoms with E-state index in [0.717, 1.165) is 56.2 Å². The zero-order valence-electron chi connectivity index (χ0n) is 24.9. The number of aromatic nitrogens is 3. The summed E-state index contributed by atoms with van der Waals surface area (Å²) in [5, 5.41) is 11.1. The molecule has 7 N–H and O–H groups in total. The fourth-order valence-corrected chi connectivity index (χ4v) is 5.19. The first-order valence-corrected chi connectivity index (χ1v) is 15.9. The predicted octanol–water partition coefficient (Wildman–Crippen LogP) is 4.65. The van der Waals surface area contributed by atoms with Crippen molar-refractivity contribution in [2.75, 3.05) is 32.2 Å². The van der Waals surface area contributed by atoms with Gasteiger partial charge < -0.3 is 26.9 Å². The molecule has 4 aromatic rings. The van der Waals surface area contributed by atoms with E-state index < -0.39 is 11.5 Å². The average Bonchev–Trinajstić information content (AvgIpc) is 3.40. The molecule has 232 valence electrons. The van der Waals surface area contributed by atoms with Crippen LogP contribution in [0.4, 0.5) is 4.39 Å². The lowest BCUT2D eigenvalue weighted by atomic mass is 10.0. The molecular weight excluding hydrogens is 589 g/mol. The van der Waals surface area contributed by atoms with Gasteiger partial charge in [0.1, 0.15) is 11.5 Å². The summed E-state index contributed by atoms with van der Waals surface area (Å²) in [6, 6.07) is 13.1. The van der Waals surface area contributed by atoms with Gasteiger partial charge in [0.15, 0.2) is 5.82 Å². The first-order chi connectivity index (χ1) is 20.7. The van der Waals surface area contributed by atoms with Crippen molar-refractivity contribution in [2.45, 2.75) is 45.2 Å². The molecule has 0 aliphatic carbocycles. The van der Waals surface area contributed by atoms with E-state index in [4.69, 9.17) is 28.2 Å². The van der Waals surface area contributed by atoms with Crippen LogP contribution in [0.3, 0.4) is 0 Å². The molecule has 0 saturated heterocycles. The number of nitrogens with one attached hydrogen (secondary N) is 2. The van der Waals surface area contributed by atoms with Gasteiger partial charge in [0, 0.05) is 43.4 Å². The number of nitrogens with two attached hydrogens (primary N) is 2. The van der Waals surface area contributed by atoms with E-state index in [-0.39, 0.29) is 11.1 Å². The monoisotopic (exact) mass is 629 g/mol. The minimum absolute atomic E-state index is 0.0587. The lowest BCUT2D eigenvalue weighted by molar-refractivity contribution is 0.399. The Kier molecular flexibility index (Phi) is 13.7. The molecule has 0 amide bonds. The van der Waals surface area contributed by atoms with Crippen LogP contribution in [0, 0.1) is 5.82 Å². The second-order valence-corrected chi connectivity index (χ2v) is 11.5. The number of benzene rings is 2. The Hall–Kier alpha value is -3.22. The van der Waals surface area contributed by atoms with Crippen LogP contribution in [-0.2, 0) is 13.0 Å². The third-order valence-corrected chi connectivity index (χ3v) is 7.53. The van der Waals surface area contributed by atoms with Crippen LogP contribution < -0.4 is 22.5 Å². The predicted molar refractivity (Wildman–Crippen MR) is 178 cm³/mol. The van der Waals surface area contributed by atoms with Crippen molar-refractivity contribution in [2.24, 2.45) is 16.5 Å². The number of aliphatic imine (C=N–C) groups is 1.